The summed E-state index contributed by atoms with van der Waals surface area (Å²) in [4.78, 5) is 29.1. The van der Waals surface area contributed by atoms with Crippen molar-refractivity contribution in [2.75, 3.05) is 13.2 Å². The molecule has 6 heteroatoms. The predicted molar refractivity (Wildman–Crippen MR) is 59.5 cm³/mol. The molecule has 0 aromatic carbocycles. The number of rotatable bonds is 6. The van der Waals surface area contributed by atoms with Crippen LogP contribution in [0.25, 0.3) is 0 Å². The number of carbonyl (C=O) groups is 2. The van der Waals surface area contributed by atoms with Crippen molar-refractivity contribution in [1.29, 1.82) is 0 Å². The summed E-state index contributed by atoms with van der Waals surface area (Å²) in [5, 5.41) is 0. The Bertz CT molecular complexity index is 387. The van der Waals surface area contributed by atoms with E-state index in [2.05, 4.69) is 9.97 Å². The summed E-state index contributed by atoms with van der Waals surface area (Å²) in [5.41, 5.74) is 0.709. The van der Waals surface area contributed by atoms with Gasteiger partial charge in [0, 0.05) is 11.9 Å². The normalized spacial score (nSPS) is 10.0. The second kappa shape index (κ2) is 6.67. The zero-order valence-corrected chi connectivity index (χ0v) is 9.99. The van der Waals surface area contributed by atoms with E-state index in [4.69, 9.17) is 9.47 Å². The van der Waals surface area contributed by atoms with Crippen LogP contribution in [0.4, 0.5) is 0 Å². The highest BCUT2D eigenvalue weighted by Crippen LogP contribution is 2.03. The van der Waals surface area contributed by atoms with Crippen LogP contribution in [0.3, 0.4) is 0 Å². The van der Waals surface area contributed by atoms with Crippen LogP contribution in [0.15, 0.2) is 6.20 Å². The number of imidazole rings is 1. The lowest BCUT2D eigenvalue weighted by Crippen LogP contribution is -2.07. The Morgan fingerprint density at radius 3 is 2.65 bits per heavy atom. The molecule has 0 saturated heterocycles. The molecule has 0 fully saturated rings. The highest BCUT2D eigenvalue weighted by atomic mass is 16.5. The van der Waals surface area contributed by atoms with Gasteiger partial charge in [-0.2, -0.15) is 0 Å². The number of H-pyrrole nitrogens is 1. The number of nitrogens with one attached hydrogen (secondary N) is 1. The third-order valence-corrected chi connectivity index (χ3v) is 2.00. The van der Waals surface area contributed by atoms with Gasteiger partial charge in [0.15, 0.2) is 0 Å². The Labute approximate surface area is 99.3 Å². The van der Waals surface area contributed by atoms with Gasteiger partial charge in [-0.15, -0.1) is 0 Å². The van der Waals surface area contributed by atoms with E-state index in [1.165, 1.54) is 6.20 Å². The molecule has 0 amide bonds. The lowest BCUT2D eigenvalue weighted by atomic mass is 10.2. The maximum absolute atomic E-state index is 11.3. The van der Waals surface area contributed by atoms with E-state index in [-0.39, 0.29) is 18.2 Å². The maximum atomic E-state index is 11.3. The first-order chi connectivity index (χ1) is 8.17. The van der Waals surface area contributed by atoms with Crippen molar-refractivity contribution >= 4 is 11.9 Å². The maximum Gasteiger partial charge on any atom is 0.374 e. The van der Waals surface area contributed by atoms with Crippen molar-refractivity contribution in [3.05, 3.63) is 17.7 Å². The lowest BCUT2D eigenvalue weighted by molar-refractivity contribution is -0.143. The van der Waals surface area contributed by atoms with Crippen LogP contribution < -0.4 is 0 Å². The third-order valence-electron chi connectivity index (χ3n) is 2.00. The van der Waals surface area contributed by atoms with E-state index in [0.717, 1.165) is 0 Å². The molecule has 1 aromatic rings. The van der Waals surface area contributed by atoms with Gasteiger partial charge in [-0.05, 0) is 20.3 Å². The highest BCUT2D eigenvalue weighted by Gasteiger charge is 2.11. The quantitative estimate of drug-likeness (QED) is 0.752. The summed E-state index contributed by atoms with van der Waals surface area (Å²) in [5.74, 6) is -0.597. The van der Waals surface area contributed by atoms with Crippen LogP contribution in [0, 0.1) is 0 Å². The summed E-state index contributed by atoms with van der Waals surface area (Å²) in [6, 6.07) is 0. The molecule has 0 bridgehead atoms. The van der Waals surface area contributed by atoms with Gasteiger partial charge >= 0.3 is 11.9 Å². The summed E-state index contributed by atoms with van der Waals surface area (Å²) >= 11 is 0. The first kappa shape index (κ1) is 13.2. The van der Waals surface area contributed by atoms with Crippen LogP contribution in [0.1, 0.15) is 36.6 Å². The predicted octanol–water partition coefficient (Wildman–Crippen LogP) is 1.08. The zero-order valence-electron chi connectivity index (χ0n) is 9.99. The molecule has 0 radical (unpaired) electrons. The summed E-state index contributed by atoms with van der Waals surface area (Å²) in [7, 11) is 0. The summed E-state index contributed by atoms with van der Waals surface area (Å²) < 4.78 is 9.57. The molecule has 0 aliphatic rings. The average Bonchev–Trinajstić information content (AvgIpc) is 2.76. The van der Waals surface area contributed by atoms with Gasteiger partial charge in [0.05, 0.1) is 19.6 Å². The molecule has 1 N–H and O–H groups in total. The number of aromatic nitrogens is 2. The van der Waals surface area contributed by atoms with Crippen LogP contribution in [-0.2, 0) is 20.7 Å². The minimum absolute atomic E-state index is 0.158. The SMILES string of the molecule is CCOC(=O)CCc1cnc(C(=O)OCC)[nH]1. The second-order valence-corrected chi connectivity index (χ2v) is 3.28. The van der Waals surface area contributed by atoms with E-state index < -0.39 is 5.97 Å². The minimum atomic E-state index is -0.491. The zero-order chi connectivity index (χ0) is 12.7. The molecule has 94 valence electrons. The topological polar surface area (TPSA) is 81.3 Å². The number of esters is 2. The van der Waals surface area contributed by atoms with Crippen molar-refractivity contribution in [3.8, 4) is 0 Å². The smallest absolute Gasteiger partial charge is 0.374 e. The van der Waals surface area contributed by atoms with Gasteiger partial charge in [-0.25, -0.2) is 9.78 Å². The number of aromatic amines is 1. The molecular formula is C11H16N2O4. The van der Waals surface area contributed by atoms with Crippen molar-refractivity contribution in [1.82, 2.24) is 9.97 Å². The number of hydrogen-bond donors (Lipinski definition) is 1. The molecule has 0 aliphatic heterocycles. The van der Waals surface area contributed by atoms with Crippen LogP contribution in [0.5, 0.6) is 0 Å². The van der Waals surface area contributed by atoms with Crippen molar-refractivity contribution in [3.63, 3.8) is 0 Å². The van der Waals surface area contributed by atoms with Crippen LogP contribution in [-0.4, -0.2) is 35.1 Å². The second-order valence-electron chi connectivity index (χ2n) is 3.28. The number of aryl methyl sites for hydroxylation is 1. The van der Waals surface area contributed by atoms with Gasteiger partial charge in [-0.1, -0.05) is 0 Å². The van der Waals surface area contributed by atoms with Gasteiger partial charge < -0.3 is 14.5 Å². The fraction of sp³-hybridized carbons (Fsp3) is 0.545. The first-order valence-corrected chi connectivity index (χ1v) is 5.54. The van der Waals surface area contributed by atoms with E-state index in [0.29, 0.717) is 25.3 Å². The van der Waals surface area contributed by atoms with Crippen molar-refractivity contribution in [2.24, 2.45) is 0 Å². The van der Waals surface area contributed by atoms with Gasteiger partial charge in [0.25, 0.3) is 0 Å². The molecule has 0 atom stereocenters. The standard InChI is InChI=1S/C11H16N2O4/c1-3-16-9(14)6-5-8-7-12-10(13-8)11(15)17-4-2/h7H,3-6H2,1-2H3,(H,12,13). The Kier molecular flexibility index (Phi) is 5.19. The van der Waals surface area contributed by atoms with Crippen LogP contribution in [0.2, 0.25) is 0 Å². The molecular weight excluding hydrogens is 224 g/mol. The molecule has 6 nitrogen and oxygen atoms in total. The highest BCUT2D eigenvalue weighted by molar-refractivity contribution is 5.85. The van der Waals surface area contributed by atoms with E-state index in [1.54, 1.807) is 13.8 Å². The van der Waals surface area contributed by atoms with Crippen LogP contribution >= 0.6 is 0 Å². The Balaban J connectivity index is 2.45. The van der Waals surface area contributed by atoms with E-state index in [9.17, 15) is 9.59 Å². The molecule has 1 heterocycles. The van der Waals surface area contributed by atoms with Gasteiger partial charge in [0.1, 0.15) is 0 Å². The fourth-order valence-electron chi connectivity index (χ4n) is 1.26. The Morgan fingerprint density at radius 2 is 2.00 bits per heavy atom. The number of hydrogen-bond acceptors (Lipinski definition) is 5. The largest absolute Gasteiger partial charge is 0.466 e. The molecule has 0 saturated carbocycles. The monoisotopic (exact) mass is 240 g/mol. The van der Waals surface area contributed by atoms with Gasteiger partial charge in [0.2, 0.25) is 5.82 Å². The number of nitrogens with zero attached hydrogens (tertiary/aromatic N) is 1. The molecule has 0 aliphatic carbocycles. The Hall–Kier alpha value is -1.85. The number of carbonyl (C=O) groups excluding carboxylic acids is 2. The molecule has 0 spiro atoms. The molecule has 1 aromatic heterocycles. The molecule has 0 unspecified atom stereocenters. The molecule has 1 rings (SSSR count). The van der Waals surface area contributed by atoms with Gasteiger partial charge in [-0.3, -0.25) is 4.79 Å². The first-order valence-electron chi connectivity index (χ1n) is 5.54. The lowest BCUT2D eigenvalue weighted by Gasteiger charge is -1.99. The fourth-order valence-corrected chi connectivity index (χ4v) is 1.26. The van der Waals surface area contributed by atoms with Crippen molar-refractivity contribution < 1.29 is 19.1 Å². The van der Waals surface area contributed by atoms with Crippen molar-refractivity contribution in [2.45, 2.75) is 26.7 Å². The average molecular weight is 240 g/mol. The molecule has 17 heavy (non-hydrogen) atoms. The van der Waals surface area contributed by atoms with E-state index in [1.807, 2.05) is 0 Å². The summed E-state index contributed by atoms with van der Waals surface area (Å²) in [6.45, 7) is 4.16. The Morgan fingerprint density at radius 1 is 1.29 bits per heavy atom. The summed E-state index contributed by atoms with van der Waals surface area (Å²) in [6.07, 6.45) is 2.25. The number of ether oxygens (including phenoxy) is 2. The van der Waals surface area contributed by atoms with E-state index >= 15 is 0 Å². The third kappa shape index (κ3) is 4.26. The minimum Gasteiger partial charge on any atom is -0.466 e.